The average Bonchev–Trinajstić information content (AvgIpc) is 3.28. The van der Waals surface area contributed by atoms with Crippen LogP contribution in [0.1, 0.15) is 33.1 Å². The Bertz CT molecular complexity index is 945. The Balaban J connectivity index is 1.63. The lowest BCUT2D eigenvalue weighted by atomic mass is 9.85. The van der Waals surface area contributed by atoms with Crippen LogP contribution >= 0.6 is 11.3 Å². The van der Waals surface area contributed by atoms with E-state index in [0.29, 0.717) is 18.5 Å². The largest absolute Gasteiger partial charge is 0.462 e. The maximum absolute atomic E-state index is 12.3. The molecule has 0 bridgehead atoms. The van der Waals surface area contributed by atoms with Crippen molar-refractivity contribution in [3.05, 3.63) is 41.8 Å². The van der Waals surface area contributed by atoms with Gasteiger partial charge in [-0.1, -0.05) is 32.4 Å². The van der Waals surface area contributed by atoms with Crippen LogP contribution in [0.15, 0.2) is 41.8 Å². The van der Waals surface area contributed by atoms with E-state index in [9.17, 15) is 4.79 Å². The highest BCUT2D eigenvalue weighted by molar-refractivity contribution is 7.13. The molecule has 1 amide bonds. The van der Waals surface area contributed by atoms with Crippen molar-refractivity contribution in [2.24, 2.45) is 11.8 Å². The minimum absolute atomic E-state index is 0.0985. The summed E-state index contributed by atoms with van der Waals surface area (Å²) in [6.45, 7) is 4.74. The molecule has 1 aliphatic rings. The van der Waals surface area contributed by atoms with Crippen molar-refractivity contribution >= 4 is 22.9 Å². The molecule has 0 aliphatic heterocycles. The van der Waals surface area contributed by atoms with Gasteiger partial charge in [0, 0.05) is 11.6 Å². The molecular formula is C21H24N4O2S. The van der Waals surface area contributed by atoms with Crippen LogP contribution in [0.5, 0.6) is 6.01 Å². The van der Waals surface area contributed by atoms with E-state index in [1.807, 2.05) is 41.8 Å². The minimum Gasteiger partial charge on any atom is -0.462 e. The number of hydrogen-bond donors (Lipinski definition) is 1. The molecule has 2 aromatic heterocycles. The van der Waals surface area contributed by atoms with Crippen molar-refractivity contribution in [2.45, 2.75) is 33.1 Å². The quantitative estimate of drug-likeness (QED) is 0.625. The summed E-state index contributed by atoms with van der Waals surface area (Å²) >= 11 is 1.60. The fraction of sp³-hybridized carbons (Fsp3) is 0.381. The van der Waals surface area contributed by atoms with Crippen molar-refractivity contribution in [3.8, 4) is 22.4 Å². The Morgan fingerprint density at radius 1 is 1.32 bits per heavy atom. The number of carbonyl (C=O) groups excluding carboxylic acids is 1. The highest BCUT2D eigenvalue weighted by Crippen LogP contribution is 2.30. The van der Waals surface area contributed by atoms with E-state index < -0.39 is 0 Å². The van der Waals surface area contributed by atoms with Gasteiger partial charge in [-0.3, -0.25) is 4.79 Å². The van der Waals surface area contributed by atoms with E-state index in [-0.39, 0.29) is 11.8 Å². The van der Waals surface area contributed by atoms with Crippen LogP contribution in [0.25, 0.3) is 16.4 Å². The number of aromatic nitrogens is 3. The first kappa shape index (κ1) is 18.7. The van der Waals surface area contributed by atoms with E-state index in [4.69, 9.17) is 4.74 Å². The second-order valence-electron chi connectivity index (χ2n) is 7.48. The molecule has 4 rings (SSSR count). The number of carbonyl (C=O) groups is 1. The monoisotopic (exact) mass is 396 g/mol. The Morgan fingerprint density at radius 2 is 2.18 bits per heavy atom. The number of benzene rings is 1. The van der Waals surface area contributed by atoms with Crippen LogP contribution in [0.4, 0.5) is 5.69 Å². The summed E-state index contributed by atoms with van der Waals surface area (Å²) in [6, 6.07) is 12.1. The Hall–Kier alpha value is -2.67. The third kappa shape index (κ3) is 4.09. The molecule has 2 heterocycles. The lowest BCUT2D eigenvalue weighted by Crippen LogP contribution is -2.28. The van der Waals surface area contributed by atoms with Crippen LogP contribution in [-0.4, -0.2) is 27.3 Å². The number of thiophene rings is 1. The molecule has 0 saturated heterocycles. The van der Waals surface area contributed by atoms with Gasteiger partial charge < -0.3 is 10.1 Å². The average molecular weight is 397 g/mol. The first-order chi connectivity index (χ1) is 13.6. The number of nitrogens with zero attached hydrogens (tertiary/aromatic N) is 3. The van der Waals surface area contributed by atoms with E-state index in [1.165, 1.54) is 0 Å². The SMILES string of the molecule is CC(C)COc1nc(-c2cccs2)n(-c2cccc(NC(=O)C3CCC3)c2)n1. The third-order valence-electron chi connectivity index (χ3n) is 4.71. The Morgan fingerprint density at radius 3 is 2.86 bits per heavy atom. The van der Waals surface area contributed by atoms with E-state index >= 15 is 0 Å². The van der Waals surface area contributed by atoms with E-state index in [1.54, 1.807) is 16.0 Å². The number of anilines is 1. The molecular weight excluding hydrogens is 372 g/mol. The molecule has 1 aliphatic carbocycles. The zero-order valence-corrected chi connectivity index (χ0v) is 16.9. The first-order valence-corrected chi connectivity index (χ1v) is 10.5. The zero-order chi connectivity index (χ0) is 19.5. The molecule has 0 spiro atoms. The molecule has 146 valence electrons. The lowest BCUT2D eigenvalue weighted by molar-refractivity contribution is -0.122. The number of nitrogens with one attached hydrogen (secondary N) is 1. The summed E-state index contributed by atoms with van der Waals surface area (Å²) in [7, 11) is 0. The van der Waals surface area contributed by atoms with Crippen LogP contribution in [0.2, 0.25) is 0 Å². The van der Waals surface area contributed by atoms with E-state index in [0.717, 1.165) is 41.3 Å². The second kappa shape index (κ2) is 8.14. The molecule has 0 radical (unpaired) electrons. The second-order valence-corrected chi connectivity index (χ2v) is 8.43. The molecule has 1 N–H and O–H groups in total. The molecule has 0 unspecified atom stereocenters. The molecule has 3 aromatic rings. The van der Waals surface area contributed by atoms with Crippen LogP contribution in [-0.2, 0) is 4.79 Å². The van der Waals surface area contributed by atoms with Gasteiger partial charge >= 0.3 is 6.01 Å². The van der Waals surface area contributed by atoms with Crippen molar-refractivity contribution < 1.29 is 9.53 Å². The first-order valence-electron chi connectivity index (χ1n) is 9.65. The van der Waals surface area contributed by atoms with Crippen LogP contribution < -0.4 is 10.1 Å². The summed E-state index contributed by atoms with van der Waals surface area (Å²) in [5.41, 5.74) is 1.60. The maximum atomic E-state index is 12.3. The zero-order valence-electron chi connectivity index (χ0n) is 16.1. The molecule has 1 saturated carbocycles. The fourth-order valence-corrected chi connectivity index (χ4v) is 3.67. The highest BCUT2D eigenvalue weighted by Gasteiger charge is 2.25. The van der Waals surface area contributed by atoms with Gasteiger partial charge in [0.2, 0.25) is 5.91 Å². The Labute approximate surface area is 168 Å². The van der Waals surface area contributed by atoms with Crippen LogP contribution in [0.3, 0.4) is 0 Å². The highest BCUT2D eigenvalue weighted by atomic mass is 32.1. The van der Waals surface area contributed by atoms with Gasteiger partial charge in [0.05, 0.1) is 17.2 Å². The summed E-state index contributed by atoms with van der Waals surface area (Å²) in [4.78, 5) is 17.9. The number of rotatable bonds is 7. The molecule has 0 atom stereocenters. The fourth-order valence-electron chi connectivity index (χ4n) is 2.97. The van der Waals surface area contributed by atoms with Crippen molar-refractivity contribution in [1.82, 2.24) is 14.8 Å². The lowest BCUT2D eigenvalue weighted by Gasteiger charge is -2.24. The Kier molecular flexibility index (Phi) is 5.43. The minimum atomic E-state index is 0.0985. The van der Waals surface area contributed by atoms with Gasteiger partial charge in [-0.25, -0.2) is 4.68 Å². The predicted octanol–water partition coefficient (Wildman–Crippen LogP) is 4.77. The van der Waals surface area contributed by atoms with Gasteiger partial charge in [-0.15, -0.1) is 16.4 Å². The molecule has 7 heteroatoms. The van der Waals surface area contributed by atoms with Crippen molar-refractivity contribution in [1.29, 1.82) is 0 Å². The van der Waals surface area contributed by atoms with Gasteiger partial charge in [0.1, 0.15) is 0 Å². The van der Waals surface area contributed by atoms with Gasteiger partial charge in [-0.05, 0) is 48.4 Å². The smallest absolute Gasteiger partial charge is 0.336 e. The summed E-state index contributed by atoms with van der Waals surface area (Å²) in [5.74, 6) is 1.37. The van der Waals surface area contributed by atoms with Gasteiger partial charge in [-0.2, -0.15) is 4.98 Å². The summed E-state index contributed by atoms with van der Waals surface area (Å²) in [6.07, 6.45) is 3.10. The van der Waals surface area contributed by atoms with Crippen molar-refractivity contribution in [2.75, 3.05) is 11.9 Å². The van der Waals surface area contributed by atoms with Gasteiger partial charge in [0.25, 0.3) is 0 Å². The van der Waals surface area contributed by atoms with Gasteiger partial charge in [0.15, 0.2) is 5.82 Å². The van der Waals surface area contributed by atoms with E-state index in [2.05, 4.69) is 29.2 Å². The molecule has 1 aromatic carbocycles. The standard InChI is InChI=1S/C21H24N4O2S/c1-14(2)13-27-21-23-19(18-10-5-11-28-18)25(24-21)17-9-4-8-16(12-17)22-20(26)15-6-3-7-15/h4-5,8-12,14-15H,3,6-7,13H2,1-2H3,(H,22,26). The number of amides is 1. The summed E-state index contributed by atoms with van der Waals surface area (Å²) in [5, 5.41) is 9.61. The normalized spacial score (nSPS) is 14.1. The summed E-state index contributed by atoms with van der Waals surface area (Å²) < 4.78 is 7.53. The molecule has 6 nitrogen and oxygen atoms in total. The van der Waals surface area contributed by atoms with Crippen molar-refractivity contribution in [3.63, 3.8) is 0 Å². The van der Waals surface area contributed by atoms with Crippen LogP contribution in [0, 0.1) is 11.8 Å². The number of ether oxygens (including phenoxy) is 1. The molecule has 28 heavy (non-hydrogen) atoms. The maximum Gasteiger partial charge on any atom is 0.336 e. The predicted molar refractivity (Wildman–Crippen MR) is 111 cm³/mol. The molecule has 1 fully saturated rings. The third-order valence-corrected chi connectivity index (χ3v) is 5.58. The number of hydrogen-bond acceptors (Lipinski definition) is 5. The topological polar surface area (TPSA) is 69.0 Å².